The first-order valence-electron chi connectivity index (χ1n) is 5.68. The Morgan fingerprint density at radius 1 is 1.13 bits per heavy atom. The van der Waals surface area contributed by atoms with Gasteiger partial charge in [0.2, 0.25) is 0 Å². The largest absolute Gasteiger partial charge is 0.291 e. The van der Waals surface area contributed by atoms with Gasteiger partial charge in [-0.05, 0) is 36.3 Å². The molecule has 15 heavy (non-hydrogen) atoms. The molecule has 0 aliphatic heterocycles. The minimum absolute atomic E-state index is 0.573. The lowest BCUT2D eigenvalue weighted by Gasteiger charge is -2.06. The highest BCUT2D eigenvalue weighted by Gasteiger charge is 1.98. The van der Waals surface area contributed by atoms with Crippen molar-refractivity contribution >= 4 is 6.29 Å². The molecule has 0 spiro atoms. The fourth-order valence-electron chi connectivity index (χ4n) is 1.60. The van der Waals surface area contributed by atoms with Crippen molar-refractivity contribution in [3.63, 3.8) is 0 Å². The molecule has 0 atom stereocenters. The van der Waals surface area contributed by atoms with Crippen molar-refractivity contribution in [2.45, 2.75) is 45.4 Å². The van der Waals surface area contributed by atoms with Crippen LogP contribution < -0.4 is 0 Å². The molecule has 0 aromatic heterocycles. The summed E-state index contributed by atoms with van der Waals surface area (Å²) in [6.45, 7) is 4.41. The molecule has 0 saturated heterocycles. The number of unbranched alkanes of at least 4 members (excludes halogenated alkanes) is 2. The van der Waals surface area contributed by atoms with E-state index in [4.69, 9.17) is 0 Å². The number of aryl methyl sites for hydroxylation is 1. The summed E-state index contributed by atoms with van der Waals surface area (Å²) in [6.07, 6.45) is 5.60. The van der Waals surface area contributed by atoms with Crippen molar-refractivity contribution in [1.29, 1.82) is 0 Å². The van der Waals surface area contributed by atoms with Gasteiger partial charge in [0.25, 0.3) is 0 Å². The summed E-state index contributed by atoms with van der Waals surface area (Å²) in [7, 11) is 0. The average Bonchev–Trinajstić information content (AvgIpc) is 2.25. The van der Waals surface area contributed by atoms with Crippen LogP contribution in [0.1, 0.15) is 50.2 Å². The molecule has 1 radical (unpaired) electrons. The van der Waals surface area contributed by atoms with E-state index in [0.717, 1.165) is 19.3 Å². The Hall–Kier alpha value is -1.11. The topological polar surface area (TPSA) is 17.1 Å². The standard InChI is InChI=1S/C14H19O/c1-12(2)14-9-7-13(8-10-14)6-4-3-5-11-15/h7-10,12H,3-6H2,1-2H3. The van der Waals surface area contributed by atoms with Gasteiger partial charge in [-0.2, -0.15) is 0 Å². The van der Waals surface area contributed by atoms with Gasteiger partial charge in [-0.3, -0.25) is 4.79 Å². The lowest BCUT2D eigenvalue weighted by Crippen LogP contribution is -1.90. The van der Waals surface area contributed by atoms with Crippen LogP contribution >= 0.6 is 0 Å². The highest BCUT2D eigenvalue weighted by molar-refractivity contribution is 5.50. The van der Waals surface area contributed by atoms with Crippen LogP contribution in [0.3, 0.4) is 0 Å². The second-order valence-corrected chi connectivity index (χ2v) is 4.25. The number of carbonyl (C=O) groups excluding carboxylic acids is 1. The predicted octanol–water partition coefficient (Wildman–Crippen LogP) is 3.63. The third-order valence-electron chi connectivity index (χ3n) is 2.64. The van der Waals surface area contributed by atoms with Crippen LogP contribution in [0.25, 0.3) is 0 Å². The summed E-state index contributed by atoms with van der Waals surface area (Å²) < 4.78 is 0. The van der Waals surface area contributed by atoms with Gasteiger partial charge in [0.15, 0.2) is 6.29 Å². The number of benzene rings is 1. The summed E-state index contributed by atoms with van der Waals surface area (Å²) >= 11 is 0. The van der Waals surface area contributed by atoms with Gasteiger partial charge in [-0.1, -0.05) is 38.1 Å². The molecule has 0 aliphatic rings. The second kappa shape index (κ2) is 6.39. The third kappa shape index (κ3) is 4.28. The molecule has 0 bridgehead atoms. The van der Waals surface area contributed by atoms with Gasteiger partial charge < -0.3 is 0 Å². The fraction of sp³-hybridized carbons (Fsp3) is 0.500. The molecular formula is C14H19O. The highest BCUT2D eigenvalue weighted by atomic mass is 16.1. The summed E-state index contributed by atoms with van der Waals surface area (Å²) in [5, 5.41) is 0. The Kier molecular flexibility index (Phi) is 5.09. The van der Waals surface area contributed by atoms with Crippen LogP contribution in [0.4, 0.5) is 0 Å². The van der Waals surface area contributed by atoms with Gasteiger partial charge in [-0.15, -0.1) is 0 Å². The van der Waals surface area contributed by atoms with Crippen LogP contribution in [0.5, 0.6) is 0 Å². The van der Waals surface area contributed by atoms with Crippen molar-refractivity contribution in [2.75, 3.05) is 0 Å². The highest BCUT2D eigenvalue weighted by Crippen LogP contribution is 2.15. The van der Waals surface area contributed by atoms with Crippen molar-refractivity contribution in [3.8, 4) is 0 Å². The molecule has 1 nitrogen and oxygen atoms in total. The van der Waals surface area contributed by atoms with Crippen molar-refractivity contribution in [3.05, 3.63) is 35.4 Å². The van der Waals surface area contributed by atoms with Gasteiger partial charge >= 0.3 is 0 Å². The Labute approximate surface area is 92.5 Å². The van der Waals surface area contributed by atoms with E-state index in [1.807, 2.05) is 6.29 Å². The van der Waals surface area contributed by atoms with Gasteiger partial charge in [-0.25, -0.2) is 0 Å². The molecule has 81 valence electrons. The van der Waals surface area contributed by atoms with Crippen molar-refractivity contribution in [2.24, 2.45) is 0 Å². The minimum Gasteiger partial charge on any atom is -0.291 e. The molecule has 1 aromatic carbocycles. The molecule has 1 heteroatoms. The molecule has 0 fully saturated rings. The predicted molar refractivity (Wildman–Crippen MR) is 63.8 cm³/mol. The van der Waals surface area contributed by atoms with Crippen molar-refractivity contribution < 1.29 is 4.79 Å². The smallest absolute Gasteiger partial charge is 0.198 e. The Bertz CT molecular complexity index is 285. The SMILES string of the molecule is CC(C)c1ccc(CCCC[C]=O)cc1. The fourth-order valence-corrected chi connectivity index (χ4v) is 1.60. The minimum atomic E-state index is 0.573. The second-order valence-electron chi connectivity index (χ2n) is 4.25. The molecule has 0 unspecified atom stereocenters. The van der Waals surface area contributed by atoms with E-state index in [2.05, 4.69) is 38.1 Å². The first kappa shape index (κ1) is 12.0. The van der Waals surface area contributed by atoms with Gasteiger partial charge in [0.05, 0.1) is 0 Å². The summed E-state index contributed by atoms with van der Waals surface area (Å²) in [5.41, 5.74) is 2.75. The molecule has 0 saturated carbocycles. The van der Waals surface area contributed by atoms with E-state index in [-0.39, 0.29) is 0 Å². The monoisotopic (exact) mass is 203 g/mol. The Morgan fingerprint density at radius 3 is 2.33 bits per heavy atom. The summed E-state index contributed by atoms with van der Waals surface area (Å²) in [6, 6.07) is 8.79. The number of hydrogen-bond acceptors (Lipinski definition) is 1. The van der Waals surface area contributed by atoms with E-state index >= 15 is 0 Å². The van der Waals surface area contributed by atoms with E-state index in [0.29, 0.717) is 12.3 Å². The van der Waals surface area contributed by atoms with Crippen molar-refractivity contribution in [1.82, 2.24) is 0 Å². The molecule has 0 N–H and O–H groups in total. The Morgan fingerprint density at radius 2 is 1.80 bits per heavy atom. The summed E-state index contributed by atoms with van der Waals surface area (Å²) in [5.74, 6) is 0.601. The zero-order chi connectivity index (χ0) is 11.1. The van der Waals surface area contributed by atoms with Crippen LogP contribution in [0.2, 0.25) is 0 Å². The molecule has 0 amide bonds. The molecular weight excluding hydrogens is 184 g/mol. The zero-order valence-corrected chi connectivity index (χ0v) is 9.62. The lowest BCUT2D eigenvalue weighted by atomic mass is 10.00. The normalized spacial score (nSPS) is 10.6. The van der Waals surface area contributed by atoms with Crippen LogP contribution in [-0.2, 0) is 11.2 Å². The molecule has 1 aromatic rings. The summed E-state index contributed by atoms with van der Waals surface area (Å²) in [4.78, 5) is 10.0. The van der Waals surface area contributed by atoms with Gasteiger partial charge in [0, 0.05) is 6.42 Å². The van der Waals surface area contributed by atoms with E-state index in [1.54, 1.807) is 0 Å². The van der Waals surface area contributed by atoms with E-state index in [1.165, 1.54) is 11.1 Å². The third-order valence-corrected chi connectivity index (χ3v) is 2.64. The average molecular weight is 203 g/mol. The first-order valence-corrected chi connectivity index (χ1v) is 5.68. The molecule has 1 rings (SSSR count). The van der Waals surface area contributed by atoms with Crippen LogP contribution in [-0.4, -0.2) is 6.29 Å². The Balaban J connectivity index is 2.39. The van der Waals surface area contributed by atoms with E-state index < -0.39 is 0 Å². The van der Waals surface area contributed by atoms with E-state index in [9.17, 15) is 4.79 Å². The quantitative estimate of drug-likeness (QED) is 0.645. The van der Waals surface area contributed by atoms with Crippen LogP contribution in [0, 0.1) is 0 Å². The zero-order valence-electron chi connectivity index (χ0n) is 9.62. The first-order chi connectivity index (χ1) is 7.24. The van der Waals surface area contributed by atoms with Gasteiger partial charge in [0.1, 0.15) is 0 Å². The maximum Gasteiger partial charge on any atom is 0.198 e. The number of rotatable bonds is 6. The number of hydrogen-bond donors (Lipinski definition) is 0. The maximum absolute atomic E-state index is 10.0. The maximum atomic E-state index is 10.0. The molecule has 0 heterocycles. The van der Waals surface area contributed by atoms with Crippen LogP contribution in [0.15, 0.2) is 24.3 Å². The lowest BCUT2D eigenvalue weighted by molar-refractivity contribution is 0.546. The molecule has 0 aliphatic carbocycles.